The standard InChI is InChI=1S/C15H13N3O3/c1-17(10-11-5-3-2-4-6-11)15-16-13-8-7-12(18(19)20)9-14(13)21-15/h2-9H,10H2,1H3. The van der Waals surface area contributed by atoms with E-state index in [1.54, 1.807) is 6.07 Å². The van der Waals surface area contributed by atoms with E-state index in [1.807, 2.05) is 42.3 Å². The number of hydrogen-bond acceptors (Lipinski definition) is 5. The molecule has 106 valence electrons. The molecule has 0 spiro atoms. The molecular weight excluding hydrogens is 270 g/mol. The molecule has 0 bridgehead atoms. The van der Waals surface area contributed by atoms with E-state index < -0.39 is 4.92 Å². The van der Waals surface area contributed by atoms with Crippen molar-refractivity contribution in [3.63, 3.8) is 0 Å². The molecule has 0 aliphatic rings. The van der Waals surface area contributed by atoms with E-state index in [2.05, 4.69) is 4.98 Å². The van der Waals surface area contributed by atoms with Crippen molar-refractivity contribution in [2.75, 3.05) is 11.9 Å². The van der Waals surface area contributed by atoms with Crippen LogP contribution in [0, 0.1) is 10.1 Å². The molecular formula is C15H13N3O3. The number of nitro groups is 1. The maximum atomic E-state index is 10.8. The van der Waals surface area contributed by atoms with Gasteiger partial charge in [0.05, 0.1) is 11.0 Å². The van der Waals surface area contributed by atoms with Crippen molar-refractivity contribution >= 4 is 22.8 Å². The molecule has 6 heteroatoms. The average Bonchev–Trinajstić information content (AvgIpc) is 2.91. The van der Waals surface area contributed by atoms with Gasteiger partial charge in [-0.25, -0.2) is 0 Å². The molecule has 0 N–H and O–H groups in total. The number of hydrogen-bond donors (Lipinski definition) is 0. The monoisotopic (exact) mass is 283 g/mol. The van der Waals surface area contributed by atoms with Crippen LogP contribution < -0.4 is 4.90 Å². The third-order valence-corrected chi connectivity index (χ3v) is 3.16. The number of benzene rings is 2. The van der Waals surface area contributed by atoms with Gasteiger partial charge in [-0.2, -0.15) is 4.98 Å². The molecule has 0 atom stereocenters. The summed E-state index contributed by atoms with van der Waals surface area (Å²) in [5, 5.41) is 10.8. The molecule has 0 aliphatic heterocycles. The van der Waals surface area contributed by atoms with E-state index in [9.17, 15) is 10.1 Å². The fourth-order valence-corrected chi connectivity index (χ4v) is 2.10. The van der Waals surface area contributed by atoms with Crippen molar-refractivity contribution in [2.45, 2.75) is 6.54 Å². The third kappa shape index (κ3) is 2.69. The van der Waals surface area contributed by atoms with Crippen LogP contribution in [-0.4, -0.2) is 17.0 Å². The van der Waals surface area contributed by atoms with Gasteiger partial charge in [-0.05, 0) is 11.6 Å². The van der Waals surface area contributed by atoms with E-state index in [-0.39, 0.29) is 5.69 Å². The van der Waals surface area contributed by atoms with Crippen LogP contribution in [0.4, 0.5) is 11.7 Å². The fourth-order valence-electron chi connectivity index (χ4n) is 2.10. The van der Waals surface area contributed by atoms with Gasteiger partial charge in [0.15, 0.2) is 5.58 Å². The van der Waals surface area contributed by atoms with Crippen molar-refractivity contribution in [1.29, 1.82) is 0 Å². The lowest BCUT2D eigenvalue weighted by Crippen LogP contribution is -2.16. The van der Waals surface area contributed by atoms with Gasteiger partial charge in [-0.3, -0.25) is 10.1 Å². The zero-order valence-electron chi connectivity index (χ0n) is 11.4. The lowest BCUT2D eigenvalue weighted by Gasteiger charge is -2.13. The second-order valence-corrected chi connectivity index (χ2v) is 4.75. The second-order valence-electron chi connectivity index (χ2n) is 4.75. The number of nitro benzene ring substituents is 1. The minimum absolute atomic E-state index is 0.00378. The first-order chi connectivity index (χ1) is 10.1. The summed E-state index contributed by atoms with van der Waals surface area (Å²) in [4.78, 5) is 16.5. The zero-order chi connectivity index (χ0) is 14.8. The molecule has 0 saturated heterocycles. The summed E-state index contributed by atoms with van der Waals surface area (Å²) >= 11 is 0. The summed E-state index contributed by atoms with van der Waals surface area (Å²) in [6, 6.07) is 14.8. The van der Waals surface area contributed by atoms with Crippen molar-refractivity contribution in [2.24, 2.45) is 0 Å². The van der Waals surface area contributed by atoms with Gasteiger partial charge in [0.2, 0.25) is 0 Å². The number of nitrogens with zero attached hydrogens (tertiary/aromatic N) is 3. The van der Waals surface area contributed by atoms with E-state index in [0.717, 1.165) is 5.56 Å². The smallest absolute Gasteiger partial charge is 0.298 e. The highest BCUT2D eigenvalue weighted by Crippen LogP contribution is 2.25. The Kier molecular flexibility index (Phi) is 3.27. The molecule has 3 rings (SSSR count). The number of fused-ring (bicyclic) bond motifs is 1. The predicted octanol–water partition coefficient (Wildman–Crippen LogP) is 3.37. The molecule has 3 aromatic rings. The molecule has 0 fully saturated rings. The normalized spacial score (nSPS) is 10.7. The number of non-ortho nitro benzene ring substituents is 1. The van der Waals surface area contributed by atoms with E-state index in [1.165, 1.54) is 12.1 Å². The van der Waals surface area contributed by atoms with Gasteiger partial charge >= 0.3 is 0 Å². The van der Waals surface area contributed by atoms with E-state index >= 15 is 0 Å². The average molecular weight is 283 g/mol. The first kappa shape index (κ1) is 13.1. The Morgan fingerprint density at radius 1 is 1.24 bits per heavy atom. The van der Waals surface area contributed by atoms with Gasteiger partial charge in [-0.1, -0.05) is 30.3 Å². The summed E-state index contributed by atoms with van der Waals surface area (Å²) in [6.07, 6.45) is 0. The SMILES string of the molecule is CN(Cc1ccccc1)c1nc2ccc([N+](=O)[O-])cc2o1. The highest BCUT2D eigenvalue weighted by atomic mass is 16.6. The Morgan fingerprint density at radius 3 is 2.71 bits per heavy atom. The lowest BCUT2D eigenvalue weighted by molar-refractivity contribution is -0.384. The molecule has 0 radical (unpaired) electrons. The largest absolute Gasteiger partial charge is 0.423 e. The Labute approximate surface area is 120 Å². The Balaban J connectivity index is 1.88. The Hall–Kier alpha value is -2.89. The molecule has 1 heterocycles. The van der Waals surface area contributed by atoms with Crippen molar-refractivity contribution < 1.29 is 9.34 Å². The van der Waals surface area contributed by atoms with Crippen LogP contribution in [0.5, 0.6) is 0 Å². The number of aromatic nitrogens is 1. The summed E-state index contributed by atoms with van der Waals surface area (Å²) in [7, 11) is 1.87. The van der Waals surface area contributed by atoms with Crippen LogP contribution in [0.2, 0.25) is 0 Å². The van der Waals surface area contributed by atoms with Crippen LogP contribution in [0.3, 0.4) is 0 Å². The van der Waals surface area contributed by atoms with Crippen LogP contribution in [-0.2, 0) is 6.54 Å². The lowest BCUT2D eigenvalue weighted by atomic mass is 10.2. The quantitative estimate of drug-likeness (QED) is 0.542. The summed E-state index contributed by atoms with van der Waals surface area (Å²) in [5.74, 6) is 0. The van der Waals surface area contributed by atoms with Gasteiger partial charge in [0, 0.05) is 19.7 Å². The highest BCUT2D eigenvalue weighted by molar-refractivity contribution is 5.77. The van der Waals surface area contributed by atoms with Gasteiger partial charge in [0.1, 0.15) is 5.52 Å². The van der Waals surface area contributed by atoms with E-state index in [4.69, 9.17) is 4.42 Å². The maximum absolute atomic E-state index is 10.8. The van der Waals surface area contributed by atoms with Crippen LogP contribution in [0.15, 0.2) is 52.9 Å². The number of oxazole rings is 1. The molecule has 0 amide bonds. The molecule has 0 aliphatic carbocycles. The third-order valence-electron chi connectivity index (χ3n) is 3.16. The van der Waals surface area contributed by atoms with Gasteiger partial charge in [0.25, 0.3) is 11.7 Å². The zero-order valence-corrected chi connectivity index (χ0v) is 11.4. The first-order valence-corrected chi connectivity index (χ1v) is 6.43. The van der Waals surface area contributed by atoms with E-state index in [0.29, 0.717) is 23.7 Å². The van der Waals surface area contributed by atoms with Crippen LogP contribution in [0.1, 0.15) is 5.56 Å². The van der Waals surface area contributed by atoms with Crippen molar-refractivity contribution in [3.05, 3.63) is 64.2 Å². The number of rotatable bonds is 4. The Morgan fingerprint density at radius 2 is 2.00 bits per heavy atom. The van der Waals surface area contributed by atoms with Gasteiger partial charge < -0.3 is 9.32 Å². The van der Waals surface area contributed by atoms with Crippen molar-refractivity contribution in [3.8, 4) is 0 Å². The second kappa shape index (κ2) is 5.24. The minimum Gasteiger partial charge on any atom is -0.423 e. The minimum atomic E-state index is -0.449. The predicted molar refractivity (Wildman–Crippen MR) is 79.2 cm³/mol. The fraction of sp³-hybridized carbons (Fsp3) is 0.133. The summed E-state index contributed by atoms with van der Waals surface area (Å²) in [5.41, 5.74) is 2.15. The molecule has 2 aromatic carbocycles. The maximum Gasteiger partial charge on any atom is 0.298 e. The topological polar surface area (TPSA) is 72.4 Å². The van der Waals surface area contributed by atoms with Gasteiger partial charge in [-0.15, -0.1) is 0 Å². The summed E-state index contributed by atoms with van der Waals surface area (Å²) in [6.45, 7) is 0.649. The highest BCUT2D eigenvalue weighted by Gasteiger charge is 2.14. The van der Waals surface area contributed by atoms with Crippen LogP contribution >= 0.6 is 0 Å². The molecule has 1 aromatic heterocycles. The number of anilines is 1. The Bertz CT molecular complexity index is 783. The first-order valence-electron chi connectivity index (χ1n) is 6.43. The summed E-state index contributed by atoms with van der Waals surface area (Å²) < 4.78 is 5.60. The molecule has 0 unspecified atom stereocenters. The molecule has 6 nitrogen and oxygen atoms in total. The molecule has 21 heavy (non-hydrogen) atoms. The van der Waals surface area contributed by atoms with Crippen molar-refractivity contribution in [1.82, 2.24) is 4.98 Å². The molecule has 0 saturated carbocycles. The van der Waals surface area contributed by atoms with Crippen LogP contribution in [0.25, 0.3) is 11.1 Å².